The first-order valence-electron chi connectivity index (χ1n) is 8.31. The van der Waals surface area contributed by atoms with Crippen molar-refractivity contribution >= 4 is 11.9 Å². The lowest BCUT2D eigenvalue weighted by Gasteiger charge is -2.20. The van der Waals surface area contributed by atoms with Crippen molar-refractivity contribution in [3.63, 3.8) is 0 Å². The summed E-state index contributed by atoms with van der Waals surface area (Å²) in [6.07, 6.45) is 0. The fourth-order valence-electron chi connectivity index (χ4n) is 2.21. The lowest BCUT2D eigenvalue weighted by Crippen LogP contribution is -2.35. The second kappa shape index (κ2) is 8.83. The number of rotatable bonds is 7. The van der Waals surface area contributed by atoms with Crippen molar-refractivity contribution in [2.75, 3.05) is 20.7 Å². The highest BCUT2D eigenvalue weighted by Crippen LogP contribution is 2.34. The Morgan fingerprint density at radius 3 is 1.92 bits per heavy atom. The first kappa shape index (κ1) is 20.2. The Balaban J connectivity index is 2.85. The molecule has 5 heteroatoms. The number of hydrogen-bond donors (Lipinski definition) is 0. The summed E-state index contributed by atoms with van der Waals surface area (Å²) in [5.74, 6) is 0.0253. The van der Waals surface area contributed by atoms with Crippen molar-refractivity contribution in [1.29, 1.82) is 0 Å². The van der Waals surface area contributed by atoms with Crippen LogP contribution in [0.5, 0.6) is 5.75 Å². The molecule has 0 saturated heterocycles. The number of benzene rings is 1. The number of likely N-dealkylation sites (N-methyl/N-ethyl adjacent to an activating group) is 1. The predicted octanol–water partition coefficient (Wildman–Crippen LogP) is 3.33. The van der Waals surface area contributed by atoms with Gasteiger partial charge in [-0.2, -0.15) is 0 Å². The molecule has 0 spiro atoms. The summed E-state index contributed by atoms with van der Waals surface area (Å²) < 4.78 is 10.6. The number of esters is 2. The van der Waals surface area contributed by atoms with E-state index in [2.05, 4.69) is 27.7 Å². The van der Waals surface area contributed by atoms with Crippen LogP contribution in [0.1, 0.15) is 57.6 Å². The quantitative estimate of drug-likeness (QED) is 0.565. The van der Waals surface area contributed by atoms with E-state index in [-0.39, 0.29) is 18.4 Å². The molecule has 0 aliphatic heterocycles. The maximum absolute atomic E-state index is 12.1. The molecule has 0 aromatic heterocycles. The fourth-order valence-corrected chi connectivity index (χ4v) is 2.21. The average Bonchev–Trinajstić information content (AvgIpc) is 2.51. The van der Waals surface area contributed by atoms with Crippen molar-refractivity contribution < 1.29 is 19.1 Å². The largest absolute Gasteiger partial charge is 0.452 e. The molecule has 134 valence electrons. The van der Waals surface area contributed by atoms with Gasteiger partial charge in [0.1, 0.15) is 11.8 Å². The van der Waals surface area contributed by atoms with Crippen molar-refractivity contribution in [3.8, 4) is 5.75 Å². The Morgan fingerprint density at radius 1 is 1.00 bits per heavy atom. The number of para-hydroxylation sites is 1. The third kappa shape index (κ3) is 5.34. The van der Waals surface area contributed by atoms with Crippen LogP contribution in [-0.4, -0.2) is 43.6 Å². The summed E-state index contributed by atoms with van der Waals surface area (Å²) in [4.78, 5) is 25.7. The Labute approximate surface area is 144 Å². The molecule has 1 rings (SSSR count). The Hall–Kier alpha value is -1.88. The van der Waals surface area contributed by atoms with Crippen LogP contribution < -0.4 is 4.74 Å². The number of carbonyl (C=O) groups excluding carboxylic acids is 2. The molecule has 0 bridgehead atoms. The van der Waals surface area contributed by atoms with Crippen LogP contribution in [0.25, 0.3) is 0 Å². The summed E-state index contributed by atoms with van der Waals surface area (Å²) >= 11 is 0. The average molecular weight is 335 g/mol. The minimum atomic E-state index is -0.565. The molecule has 0 heterocycles. The fraction of sp³-hybridized carbons (Fsp3) is 0.579. The van der Waals surface area contributed by atoms with E-state index in [1.54, 1.807) is 25.9 Å². The number of hydrogen-bond acceptors (Lipinski definition) is 5. The van der Waals surface area contributed by atoms with Gasteiger partial charge in [-0.05, 0) is 44.0 Å². The molecule has 0 fully saturated rings. The third-order valence-electron chi connectivity index (χ3n) is 3.98. The lowest BCUT2D eigenvalue weighted by atomic mass is 9.94. The van der Waals surface area contributed by atoms with E-state index in [9.17, 15) is 9.59 Å². The normalized spacial score (nSPS) is 12.6. The van der Waals surface area contributed by atoms with E-state index in [0.717, 1.165) is 11.1 Å². The molecule has 0 N–H and O–H groups in total. The van der Waals surface area contributed by atoms with Gasteiger partial charge in [0.05, 0.1) is 0 Å². The van der Waals surface area contributed by atoms with Gasteiger partial charge in [0.25, 0.3) is 0 Å². The number of ether oxygens (including phenoxy) is 2. The zero-order valence-corrected chi connectivity index (χ0v) is 15.8. The zero-order valence-electron chi connectivity index (χ0n) is 15.8. The highest BCUT2D eigenvalue weighted by Gasteiger charge is 2.21. The van der Waals surface area contributed by atoms with E-state index < -0.39 is 18.0 Å². The summed E-state index contributed by atoms with van der Waals surface area (Å²) in [6, 6.07) is 5.48. The molecule has 0 aliphatic rings. The van der Waals surface area contributed by atoms with E-state index in [1.807, 2.05) is 18.2 Å². The van der Waals surface area contributed by atoms with Crippen LogP contribution >= 0.6 is 0 Å². The Kier molecular flexibility index (Phi) is 7.42. The topological polar surface area (TPSA) is 55.8 Å². The van der Waals surface area contributed by atoms with Gasteiger partial charge in [0.2, 0.25) is 0 Å². The van der Waals surface area contributed by atoms with Gasteiger partial charge >= 0.3 is 11.9 Å². The zero-order chi connectivity index (χ0) is 18.4. The van der Waals surface area contributed by atoms with E-state index >= 15 is 0 Å². The standard InChI is InChI=1S/C19H29NO4/c1-12(2)15-9-8-10-16(13(3)4)18(15)24-17(21)11-23-19(22)14(5)20(6)7/h8-10,12-14H,11H2,1-7H3. The van der Waals surface area contributed by atoms with Crippen molar-refractivity contribution in [3.05, 3.63) is 29.3 Å². The van der Waals surface area contributed by atoms with Crippen LogP contribution in [0.2, 0.25) is 0 Å². The minimum absolute atomic E-state index is 0.225. The van der Waals surface area contributed by atoms with Crippen molar-refractivity contribution in [2.45, 2.75) is 52.5 Å². The van der Waals surface area contributed by atoms with Gasteiger partial charge in [-0.15, -0.1) is 0 Å². The first-order valence-corrected chi connectivity index (χ1v) is 8.31. The van der Waals surface area contributed by atoms with Crippen LogP contribution in [0.4, 0.5) is 0 Å². The summed E-state index contributed by atoms with van der Waals surface area (Å²) in [5, 5.41) is 0. The maximum atomic E-state index is 12.1. The molecule has 0 saturated carbocycles. The molecule has 1 aromatic rings. The smallest absolute Gasteiger partial charge is 0.349 e. The Morgan fingerprint density at radius 2 is 1.50 bits per heavy atom. The highest BCUT2D eigenvalue weighted by molar-refractivity contribution is 5.80. The molecular weight excluding hydrogens is 306 g/mol. The second-order valence-corrected chi connectivity index (χ2v) is 6.80. The van der Waals surface area contributed by atoms with Gasteiger partial charge in [-0.25, -0.2) is 4.79 Å². The van der Waals surface area contributed by atoms with Crippen molar-refractivity contribution in [2.24, 2.45) is 0 Å². The monoisotopic (exact) mass is 335 g/mol. The van der Waals surface area contributed by atoms with Gasteiger partial charge in [-0.3, -0.25) is 9.69 Å². The van der Waals surface area contributed by atoms with E-state index in [4.69, 9.17) is 9.47 Å². The van der Waals surface area contributed by atoms with Crippen LogP contribution in [0.15, 0.2) is 18.2 Å². The van der Waals surface area contributed by atoms with Gasteiger partial charge in [0, 0.05) is 0 Å². The second-order valence-electron chi connectivity index (χ2n) is 6.80. The molecule has 1 unspecified atom stereocenters. The first-order chi connectivity index (χ1) is 11.1. The highest BCUT2D eigenvalue weighted by atomic mass is 16.6. The van der Waals surface area contributed by atoms with Crippen LogP contribution in [-0.2, 0) is 14.3 Å². The predicted molar refractivity (Wildman–Crippen MR) is 94.4 cm³/mol. The molecule has 24 heavy (non-hydrogen) atoms. The van der Waals surface area contributed by atoms with E-state index in [0.29, 0.717) is 5.75 Å². The lowest BCUT2D eigenvalue weighted by molar-refractivity contribution is -0.156. The van der Waals surface area contributed by atoms with Crippen molar-refractivity contribution in [1.82, 2.24) is 4.90 Å². The molecule has 0 radical (unpaired) electrons. The minimum Gasteiger partial charge on any atom is -0.452 e. The van der Waals surface area contributed by atoms with Crippen LogP contribution in [0, 0.1) is 0 Å². The summed E-state index contributed by atoms with van der Waals surface area (Å²) in [7, 11) is 3.55. The molecular formula is C19H29NO4. The molecule has 5 nitrogen and oxygen atoms in total. The van der Waals surface area contributed by atoms with Gasteiger partial charge < -0.3 is 9.47 Å². The van der Waals surface area contributed by atoms with Gasteiger partial charge in [0.15, 0.2) is 6.61 Å². The molecule has 1 aromatic carbocycles. The van der Waals surface area contributed by atoms with E-state index in [1.165, 1.54) is 0 Å². The number of nitrogens with zero attached hydrogens (tertiary/aromatic N) is 1. The summed E-state index contributed by atoms with van der Waals surface area (Å²) in [6.45, 7) is 9.54. The van der Waals surface area contributed by atoms with Crippen LogP contribution in [0.3, 0.4) is 0 Å². The maximum Gasteiger partial charge on any atom is 0.349 e. The molecule has 1 atom stereocenters. The number of carbonyl (C=O) groups is 2. The Bertz CT molecular complexity index is 552. The SMILES string of the molecule is CC(C)c1cccc(C(C)C)c1OC(=O)COC(=O)C(C)N(C)C. The summed E-state index contributed by atoms with van der Waals surface area (Å²) in [5.41, 5.74) is 1.95. The third-order valence-corrected chi connectivity index (χ3v) is 3.98. The van der Waals surface area contributed by atoms with Gasteiger partial charge in [-0.1, -0.05) is 45.9 Å². The molecule has 0 aliphatic carbocycles. The molecule has 0 amide bonds.